The molecule has 0 spiro atoms. The van der Waals surface area contributed by atoms with Gasteiger partial charge in [-0.15, -0.1) is 0 Å². The summed E-state index contributed by atoms with van der Waals surface area (Å²) in [5, 5.41) is 5.60. The van der Waals surface area contributed by atoms with E-state index in [-0.39, 0.29) is 6.17 Å². The average Bonchev–Trinajstić information content (AvgIpc) is 2.31. The first-order valence-corrected chi connectivity index (χ1v) is 5.38. The number of hydrogen-bond acceptors (Lipinski definition) is 3. The van der Waals surface area contributed by atoms with Gasteiger partial charge in [-0.25, -0.2) is 5.43 Å². The fourth-order valence-corrected chi connectivity index (χ4v) is 1.91. The molecule has 2 aromatic carbocycles. The molecule has 1 unspecified atom stereocenters. The molecular weight excluding hydrogens is 198 g/mol. The number of aryl methyl sites for hydroxylation is 1. The maximum absolute atomic E-state index is 5.47. The van der Waals surface area contributed by atoms with Crippen LogP contribution >= 0.6 is 0 Å². The summed E-state index contributed by atoms with van der Waals surface area (Å²) in [5.41, 5.74) is 5.15. The van der Waals surface area contributed by atoms with Gasteiger partial charge in [-0.3, -0.25) is 5.84 Å². The van der Waals surface area contributed by atoms with Crippen LogP contribution in [0, 0.1) is 6.92 Å². The molecule has 3 nitrogen and oxygen atoms in total. The molecule has 3 heteroatoms. The first kappa shape index (κ1) is 11.1. The SMILES string of the molecule is CNC(NN)c1ccc2cc(C)ccc2c1. The van der Waals surface area contributed by atoms with Crippen LogP contribution in [0.2, 0.25) is 0 Å². The van der Waals surface area contributed by atoms with Crippen molar-refractivity contribution in [3.8, 4) is 0 Å². The molecular formula is C13H17N3. The van der Waals surface area contributed by atoms with E-state index in [1.54, 1.807) is 0 Å². The highest BCUT2D eigenvalue weighted by molar-refractivity contribution is 5.83. The summed E-state index contributed by atoms with van der Waals surface area (Å²) in [5.74, 6) is 5.47. The molecule has 0 saturated heterocycles. The third kappa shape index (κ3) is 2.07. The number of hydrazine groups is 1. The fourth-order valence-electron chi connectivity index (χ4n) is 1.91. The molecule has 2 rings (SSSR count). The van der Waals surface area contributed by atoms with Crippen LogP contribution in [0.4, 0.5) is 0 Å². The van der Waals surface area contributed by atoms with E-state index in [1.165, 1.54) is 16.3 Å². The van der Waals surface area contributed by atoms with E-state index in [2.05, 4.69) is 54.1 Å². The van der Waals surface area contributed by atoms with Gasteiger partial charge in [0.25, 0.3) is 0 Å². The van der Waals surface area contributed by atoms with E-state index in [0.717, 1.165) is 5.56 Å². The molecule has 0 aromatic heterocycles. The first-order chi connectivity index (χ1) is 7.74. The topological polar surface area (TPSA) is 50.1 Å². The Bertz CT molecular complexity index is 490. The number of benzene rings is 2. The molecule has 16 heavy (non-hydrogen) atoms. The molecule has 4 N–H and O–H groups in total. The molecule has 0 amide bonds. The highest BCUT2D eigenvalue weighted by Crippen LogP contribution is 2.20. The summed E-state index contributed by atoms with van der Waals surface area (Å²) >= 11 is 0. The molecule has 0 aliphatic rings. The van der Waals surface area contributed by atoms with Crippen molar-refractivity contribution in [1.29, 1.82) is 0 Å². The van der Waals surface area contributed by atoms with Crippen molar-refractivity contribution in [2.24, 2.45) is 5.84 Å². The van der Waals surface area contributed by atoms with Crippen molar-refractivity contribution in [2.45, 2.75) is 13.1 Å². The Kier molecular flexibility index (Phi) is 3.19. The van der Waals surface area contributed by atoms with Gasteiger partial charge in [0, 0.05) is 0 Å². The standard InChI is InChI=1S/C13H17N3/c1-9-3-4-11-8-12(13(15-2)16-14)6-5-10(11)7-9/h3-8,13,15-16H,14H2,1-2H3. The van der Waals surface area contributed by atoms with Crippen LogP contribution in [0.5, 0.6) is 0 Å². The van der Waals surface area contributed by atoms with Gasteiger partial charge in [0.15, 0.2) is 0 Å². The lowest BCUT2D eigenvalue weighted by Crippen LogP contribution is -2.36. The monoisotopic (exact) mass is 215 g/mol. The second kappa shape index (κ2) is 4.61. The van der Waals surface area contributed by atoms with E-state index in [9.17, 15) is 0 Å². The molecule has 0 radical (unpaired) electrons. The van der Waals surface area contributed by atoms with Crippen LogP contribution in [-0.2, 0) is 0 Å². The summed E-state index contributed by atoms with van der Waals surface area (Å²) in [7, 11) is 1.88. The Morgan fingerprint density at radius 2 is 1.75 bits per heavy atom. The second-order valence-corrected chi connectivity index (χ2v) is 4.00. The number of rotatable bonds is 3. The van der Waals surface area contributed by atoms with Crippen molar-refractivity contribution >= 4 is 10.8 Å². The van der Waals surface area contributed by atoms with E-state index in [1.807, 2.05) is 7.05 Å². The lowest BCUT2D eigenvalue weighted by atomic mass is 10.0. The zero-order chi connectivity index (χ0) is 11.5. The molecule has 0 saturated carbocycles. The molecule has 1 atom stereocenters. The van der Waals surface area contributed by atoms with Crippen LogP contribution in [0.3, 0.4) is 0 Å². The second-order valence-electron chi connectivity index (χ2n) is 4.00. The van der Waals surface area contributed by atoms with Gasteiger partial charge in [-0.1, -0.05) is 35.9 Å². The average molecular weight is 215 g/mol. The van der Waals surface area contributed by atoms with Crippen LogP contribution in [0.15, 0.2) is 36.4 Å². The quantitative estimate of drug-likeness (QED) is 0.416. The predicted molar refractivity (Wildman–Crippen MR) is 67.8 cm³/mol. The third-order valence-electron chi connectivity index (χ3n) is 2.81. The number of nitrogens with two attached hydrogens (primary N) is 1. The van der Waals surface area contributed by atoms with Crippen molar-refractivity contribution in [3.63, 3.8) is 0 Å². The Balaban J connectivity index is 2.47. The minimum atomic E-state index is -0.00861. The predicted octanol–water partition coefficient (Wildman–Crippen LogP) is 1.83. The first-order valence-electron chi connectivity index (χ1n) is 5.38. The highest BCUT2D eigenvalue weighted by Gasteiger charge is 2.06. The summed E-state index contributed by atoms with van der Waals surface area (Å²) in [6, 6.07) is 12.8. The Morgan fingerprint density at radius 3 is 2.44 bits per heavy atom. The minimum Gasteiger partial charge on any atom is -0.300 e. The lowest BCUT2D eigenvalue weighted by molar-refractivity contribution is 0.489. The number of fused-ring (bicyclic) bond motifs is 1. The van der Waals surface area contributed by atoms with Crippen molar-refractivity contribution < 1.29 is 0 Å². The van der Waals surface area contributed by atoms with Gasteiger partial charge < -0.3 is 5.32 Å². The van der Waals surface area contributed by atoms with E-state index in [0.29, 0.717) is 0 Å². The normalized spacial score (nSPS) is 12.9. The van der Waals surface area contributed by atoms with Gasteiger partial charge in [0.1, 0.15) is 0 Å². The molecule has 84 valence electrons. The zero-order valence-corrected chi connectivity index (χ0v) is 9.62. The van der Waals surface area contributed by atoms with Crippen molar-refractivity contribution in [2.75, 3.05) is 7.05 Å². The number of nitrogens with one attached hydrogen (secondary N) is 2. The van der Waals surface area contributed by atoms with E-state index < -0.39 is 0 Å². The summed E-state index contributed by atoms with van der Waals surface area (Å²) in [4.78, 5) is 0. The molecule has 2 aromatic rings. The summed E-state index contributed by atoms with van der Waals surface area (Å²) in [6.07, 6.45) is -0.00861. The maximum atomic E-state index is 5.47. The Labute approximate surface area is 95.6 Å². The number of hydrogen-bond donors (Lipinski definition) is 3. The third-order valence-corrected chi connectivity index (χ3v) is 2.81. The van der Waals surface area contributed by atoms with Crippen molar-refractivity contribution in [1.82, 2.24) is 10.7 Å². The van der Waals surface area contributed by atoms with Gasteiger partial charge in [0.2, 0.25) is 0 Å². The fraction of sp³-hybridized carbons (Fsp3) is 0.231. The van der Waals surface area contributed by atoms with Crippen molar-refractivity contribution in [3.05, 3.63) is 47.5 Å². The Morgan fingerprint density at radius 1 is 1.06 bits per heavy atom. The van der Waals surface area contributed by atoms with E-state index in [4.69, 9.17) is 5.84 Å². The molecule has 0 bridgehead atoms. The van der Waals surface area contributed by atoms with Crippen LogP contribution in [0.25, 0.3) is 10.8 Å². The largest absolute Gasteiger partial charge is 0.300 e. The van der Waals surface area contributed by atoms with Crippen LogP contribution in [0.1, 0.15) is 17.3 Å². The zero-order valence-electron chi connectivity index (χ0n) is 9.62. The van der Waals surface area contributed by atoms with Gasteiger partial charge in [-0.05, 0) is 36.4 Å². The van der Waals surface area contributed by atoms with Crippen LogP contribution < -0.4 is 16.6 Å². The van der Waals surface area contributed by atoms with Crippen LogP contribution in [-0.4, -0.2) is 7.05 Å². The molecule has 0 fully saturated rings. The highest BCUT2D eigenvalue weighted by atomic mass is 15.3. The smallest absolute Gasteiger partial charge is 0.0958 e. The Hall–Kier alpha value is -1.42. The summed E-state index contributed by atoms with van der Waals surface area (Å²) < 4.78 is 0. The van der Waals surface area contributed by atoms with E-state index >= 15 is 0 Å². The minimum absolute atomic E-state index is 0.00861. The van der Waals surface area contributed by atoms with Gasteiger partial charge in [0.05, 0.1) is 6.17 Å². The van der Waals surface area contributed by atoms with Gasteiger partial charge in [-0.2, -0.15) is 0 Å². The molecule has 0 aliphatic carbocycles. The molecule has 0 heterocycles. The van der Waals surface area contributed by atoms with Gasteiger partial charge >= 0.3 is 0 Å². The lowest BCUT2D eigenvalue weighted by Gasteiger charge is -2.15. The maximum Gasteiger partial charge on any atom is 0.0958 e. The molecule has 0 aliphatic heterocycles. The summed E-state index contributed by atoms with van der Waals surface area (Å²) in [6.45, 7) is 2.10.